The normalized spacial score (nSPS) is 16.1. The van der Waals surface area contributed by atoms with Crippen molar-refractivity contribution in [3.05, 3.63) is 70.2 Å². The molecule has 1 atom stereocenters. The van der Waals surface area contributed by atoms with Crippen molar-refractivity contribution in [2.24, 2.45) is 5.92 Å². The van der Waals surface area contributed by atoms with E-state index in [9.17, 15) is 4.79 Å². The molecule has 1 aliphatic rings. The summed E-state index contributed by atoms with van der Waals surface area (Å²) in [5, 5.41) is 3.63. The average molecular weight is 386 g/mol. The van der Waals surface area contributed by atoms with Crippen LogP contribution in [0.2, 0.25) is 5.02 Å². The Morgan fingerprint density at radius 2 is 1.89 bits per heavy atom. The van der Waals surface area contributed by atoms with Gasteiger partial charge in [0.05, 0.1) is 12.6 Å². The molecule has 4 heteroatoms. The summed E-state index contributed by atoms with van der Waals surface area (Å²) in [4.78, 5) is 12.8. The van der Waals surface area contributed by atoms with Crippen LogP contribution in [0.15, 0.2) is 48.5 Å². The van der Waals surface area contributed by atoms with E-state index >= 15 is 0 Å². The molecule has 0 bridgehead atoms. The molecule has 0 saturated heterocycles. The van der Waals surface area contributed by atoms with E-state index in [2.05, 4.69) is 5.32 Å². The van der Waals surface area contributed by atoms with Crippen LogP contribution in [0.4, 0.5) is 0 Å². The van der Waals surface area contributed by atoms with Crippen LogP contribution in [0, 0.1) is 5.92 Å². The molecule has 0 aliphatic heterocycles. The van der Waals surface area contributed by atoms with E-state index in [1.165, 1.54) is 32.1 Å². The minimum absolute atomic E-state index is 0.0753. The monoisotopic (exact) mass is 385 g/mol. The Hall–Kier alpha value is -1.84. The van der Waals surface area contributed by atoms with E-state index in [1.807, 2.05) is 49.4 Å². The summed E-state index contributed by atoms with van der Waals surface area (Å²) in [5.74, 6) is 0.534. The average Bonchev–Trinajstić information content (AvgIpc) is 2.70. The molecule has 1 fully saturated rings. The Balaban J connectivity index is 1.63. The summed E-state index contributed by atoms with van der Waals surface area (Å²) in [6.07, 6.45) is 6.46. The Morgan fingerprint density at radius 1 is 1.15 bits per heavy atom. The smallest absolute Gasteiger partial charge is 0.252 e. The Kier molecular flexibility index (Phi) is 7.31. The largest absolute Gasteiger partial charge is 0.376 e. The second-order valence-electron chi connectivity index (χ2n) is 7.43. The number of hydrogen-bond acceptors (Lipinski definition) is 2. The number of nitrogens with one attached hydrogen (secondary N) is 1. The van der Waals surface area contributed by atoms with Crippen LogP contribution in [0.3, 0.4) is 0 Å². The number of ether oxygens (including phenoxy) is 1. The highest BCUT2D eigenvalue weighted by Gasteiger charge is 2.17. The predicted octanol–water partition coefficient (Wildman–Crippen LogP) is 5.93. The number of hydrogen-bond donors (Lipinski definition) is 1. The van der Waals surface area contributed by atoms with E-state index in [0.29, 0.717) is 23.1 Å². The second kappa shape index (κ2) is 9.91. The van der Waals surface area contributed by atoms with Gasteiger partial charge in [0.15, 0.2) is 0 Å². The molecule has 0 unspecified atom stereocenters. The molecule has 3 rings (SSSR count). The lowest BCUT2D eigenvalue weighted by Crippen LogP contribution is -2.27. The number of rotatable bonds is 7. The lowest BCUT2D eigenvalue weighted by atomic mass is 9.90. The van der Waals surface area contributed by atoms with Crippen molar-refractivity contribution in [1.29, 1.82) is 0 Å². The highest BCUT2D eigenvalue weighted by molar-refractivity contribution is 6.31. The van der Waals surface area contributed by atoms with Gasteiger partial charge in [-0.15, -0.1) is 0 Å². The topological polar surface area (TPSA) is 38.3 Å². The fourth-order valence-corrected chi connectivity index (χ4v) is 3.85. The molecule has 0 heterocycles. The fraction of sp³-hybridized carbons (Fsp3) is 0.435. The quantitative estimate of drug-likeness (QED) is 0.641. The summed E-state index contributed by atoms with van der Waals surface area (Å²) in [5.41, 5.74) is 2.55. The van der Waals surface area contributed by atoms with Gasteiger partial charge in [0.1, 0.15) is 0 Å². The summed E-state index contributed by atoms with van der Waals surface area (Å²) in [7, 11) is 0. The van der Waals surface area contributed by atoms with Crippen LogP contribution in [-0.4, -0.2) is 12.5 Å². The van der Waals surface area contributed by atoms with Gasteiger partial charge in [-0.05, 0) is 48.9 Å². The van der Waals surface area contributed by atoms with Gasteiger partial charge in [-0.25, -0.2) is 0 Å². The molecule has 2 aromatic carbocycles. The molecule has 1 N–H and O–H groups in total. The van der Waals surface area contributed by atoms with Gasteiger partial charge in [0, 0.05) is 17.2 Å². The van der Waals surface area contributed by atoms with Gasteiger partial charge in [0.25, 0.3) is 5.91 Å². The molecule has 0 spiro atoms. The number of halogens is 1. The van der Waals surface area contributed by atoms with Crippen molar-refractivity contribution in [2.75, 3.05) is 6.61 Å². The maximum atomic E-state index is 12.8. The van der Waals surface area contributed by atoms with E-state index in [4.69, 9.17) is 16.3 Å². The maximum absolute atomic E-state index is 12.8. The molecular weight excluding hydrogens is 358 g/mol. The zero-order valence-electron chi connectivity index (χ0n) is 15.9. The summed E-state index contributed by atoms with van der Waals surface area (Å²) in [6.45, 7) is 3.19. The van der Waals surface area contributed by atoms with Crippen molar-refractivity contribution in [3.8, 4) is 0 Å². The highest BCUT2D eigenvalue weighted by Crippen LogP contribution is 2.25. The van der Waals surface area contributed by atoms with Crippen molar-refractivity contribution in [3.63, 3.8) is 0 Å². The molecule has 3 nitrogen and oxygen atoms in total. The minimum atomic E-state index is -0.120. The van der Waals surface area contributed by atoms with Crippen LogP contribution in [0.1, 0.15) is 66.6 Å². The van der Waals surface area contributed by atoms with Gasteiger partial charge >= 0.3 is 0 Å². The van der Waals surface area contributed by atoms with E-state index in [1.54, 1.807) is 6.07 Å². The van der Waals surface area contributed by atoms with Gasteiger partial charge in [0.2, 0.25) is 0 Å². The molecule has 144 valence electrons. The first-order chi connectivity index (χ1) is 13.1. The van der Waals surface area contributed by atoms with Crippen LogP contribution >= 0.6 is 11.6 Å². The number of carbonyl (C=O) groups is 1. The van der Waals surface area contributed by atoms with Gasteiger partial charge in [-0.2, -0.15) is 0 Å². The molecule has 0 radical (unpaired) electrons. The zero-order chi connectivity index (χ0) is 19.1. The first-order valence-electron chi connectivity index (χ1n) is 9.85. The van der Waals surface area contributed by atoms with Crippen molar-refractivity contribution < 1.29 is 9.53 Å². The molecule has 1 amide bonds. The number of benzene rings is 2. The maximum Gasteiger partial charge on any atom is 0.252 e. The molecule has 27 heavy (non-hydrogen) atoms. The molecule has 0 aromatic heterocycles. The van der Waals surface area contributed by atoms with Crippen LogP contribution < -0.4 is 5.32 Å². The summed E-state index contributed by atoms with van der Waals surface area (Å²) < 4.78 is 5.96. The first-order valence-corrected chi connectivity index (χ1v) is 10.2. The Morgan fingerprint density at radius 3 is 2.63 bits per heavy atom. The minimum Gasteiger partial charge on any atom is -0.376 e. The number of amides is 1. The lowest BCUT2D eigenvalue weighted by Gasteiger charge is -2.21. The molecule has 2 aromatic rings. The standard InChI is InChI=1S/C23H28ClNO2/c1-17(19-10-6-3-7-11-19)25-23(26)22-14-21(24)13-12-20(22)16-27-15-18-8-4-2-5-9-18/h3,6-7,10-14,17-18H,2,4-5,8-9,15-16H2,1H3,(H,25,26)/t17-/m0/s1. The second-order valence-corrected chi connectivity index (χ2v) is 7.86. The van der Waals surface area contributed by atoms with Crippen molar-refractivity contribution in [2.45, 2.75) is 51.7 Å². The SMILES string of the molecule is C[C@H](NC(=O)c1cc(Cl)ccc1COCC1CCCCC1)c1ccccc1. The van der Waals surface area contributed by atoms with Gasteiger partial charge < -0.3 is 10.1 Å². The third-order valence-electron chi connectivity index (χ3n) is 5.30. The zero-order valence-corrected chi connectivity index (χ0v) is 16.7. The van der Waals surface area contributed by atoms with Crippen molar-refractivity contribution in [1.82, 2.24) is 5.32 Å². The molecule has 1 saturated carbocycles. The van der Waals surface area contributed by atoms with Crippen molar-refractivity contribution >= 4 is 17.5 Å². The van der Waals surface area contributed by atoms with Crippen LogP contribution in [-0.2, 0) is 11.3 Å². The summed E-state index contributed by atoms with van der Waals surface area (Å²) >= 11 is 6.15. The molecular formula is C23H28ClNO2. The first kappa shape index (κ1) is 19.9. The van der Waals surface area contributed by atoms with E-state index in [-0.39, 0.29) is 11.9 Å². The van der Waals surface area contributed by atoms with Gasteiger partial charge in [-0.3, -0.25) is 4.79 Å². The lowest BCUT2D eigenvalue weighted by molar-refractivity contribution is 0.0725. The Bertz CT molecular complexity index is 741. The Labute approximate surface area is 167 Å². The predicted molar refractivity (Wildman–Crippen MR) is 110 cm³/mol. The fourth-order valence-electron chi connectivity index (χ4n) is 3.67. The highest BCUT2D eigenvalue weighted by atomic mass is 35.5. The van der Waals surface area contributed by atoms with Crippen LogP contribution in [0.25, 0.3) is 0 Å². The van der Waals surface area contributed by atoms with E-state index in [0.717, 1.165) is 17.7 Å². The number of carbonyl (C=O) groups excluding carboxylic acids is 1. The third kappa shape index (κ3) is 5.82. The van der Waals surface area contributed by atoms with Gasteiger partial charge in [-0.1, -0.05) is 67.3 Å². The third-order valence-corrected chi connectivity index (χ3v) is 5.53. The summed E-state index contributed by atoms with van der Waals surface area (Å²) in [6, 6.07) is 15.3. The van der Waals surface area contributed by atoms with E-state index < -0.39 is 0 Å². The molecule has 1 aliphatic carbocycles. The van der Waals surface area contributed by atoms with Crippen LogP contribution in [0.5, 0.6) is 0 Å².